The average molecular weight is 215 g/mol. The van der Waals surface area contributed by atoms with Crippen LogP contribution in [-0.4, -0.2) is 13.1 Å². The van der Waals surface area contributed by atoms with Crippen LogP contribution in [0.1, 0.15) is 17.7 Å². The molecule has 1 aliphatic heterocycles. The second kappa shape index (κ2) is 3.95. The van der Waals surface area contributed by atoms with Crippen LogP contribution in [0.5, 0.6) is 0 Å². The van der Waals surface area contributed by atoms with Gasteiger partial charge in [-0.25, -0.2) is 0 Å². The van der Waals surface area contributed by atoms with Crippen molar-refractivity contribution < 1.29 is 4.42 Å². The zero-order valence-electron chi connectivity index (χ0n) is 9.62. The predicted molar refractivity (Wildman–Crippen MR) is 65.6 cm³/mol. The maximum atomic E-state index is 5.58. The molecule has 84 valence electrons. The molecule has 16 heavy (non-hydrogen) atoms. The summed E-state index contributed by atoms with van der Waals surface area (Å²) in [7, 11) is 0. The maximum Gasteiger partial charge on any atom is 0.134 e. The number of rotatable bonds is 2. The van der Waals surface area contributed by atoms with E-state index in [4.69, 9.17) is 4.42 Å². The minimum Gasteiger partial charge on any atom is -0.461 e. The summed E-state index contributed by atoms with van der Waals surface area (Å²) in [6, 6.07) is 8.68. The third kappa shape index (κ3) is 1.85. The second-order valence-corrected chi connectivity index (χ2v) is 4.79. The summed E-state index contributed by atoms with van der Waals surface area (Å²) in [6.07, 6.45) is 2.50. The van der Waals surface area contributed by atoms with Crippen molar-refractivity contribution in [1.82, 2.24) is 5.32 Å². The fourth-order valence-electron chi connectivity index (χ4n) is 2.57. The van der Waals surface area contributed by atoms with E-state index in [0.29, 0.717) is 0 Å². The molecule has 0 saturated carbocycles. The lowest BCUT2D eigenvalue weighted by atomic mass is 9.98. The zero-order valence-corrected chi connectivity index (χ0v) is 9.62. The molecule has 1 atom stereocenters. The van der Waals surface area contributed by atoms with Gasteiger partial charge < -0.3 is 9.73 Å². The van der Waals surface area contributed by atoms with Crippen molar-refractivity contribution in [3.05, 3.63) is 35.6 Å². The van der Waals surface area contributed by atoms with Crippen molar-refractivity contribution in [3.63, 3.8) is 0 Å². The molecule has 1 aromatic heterocycles. The van der Waals surface area contributed by atoms with Crippen LogP contribution in [0.15, 0.2) is 28.7 Å². The topological polar surface area (TPSA) is 25.2 Å². The summed E-state index contributed by atoms with van der Waals surface area (Å²) in [5, 5.41) is 4.65. The van der Waals surface area contributed by atoms with Gasteiger partial charge in [-0.1, -0.05) is 6.07 Å². The Balaban J connectivity index is 1.86. The van der Waals surface area contributed by atoms with Gasteiger partial charge in [0.1, 0.15) is 11.3 Å². The Kier molecular flexibility index (Phi) is 2.44. The molecule has 0 amide bonds. The first-order valence-electron chi connectivity index (χ1n) is 6.01. The highest BCUT2D eigenvalue weighted by Gasteiger charge is 2.15. The number of hydrogen-bond acceptors (Lipinski definition) is 2. The Morgan fingerprint density at radius 1 is 1.38 bits per heavy atom. The Bertz CT molecular complexity index is 494. The van der Waals surface area contributed by atoms with E-state index in [1.54, 1.807) is 0 Å². The van der Waals surface area contributed by atoms with Crippen molar-refractivity contribution in [2.45, 2.75) is 19.8 Å². The third-order valence-electron chi connectivity index (χ3n) is 3.39. The Labute approximate surface area is 95.6 Å². The minimum absolute atomic E-state index is 0.811. The molecule has 1 unspecified atom stereocenters. The maximum absolute atomic E-state index is 5.58. The molecule has 1 saturated heterocycles. The van der Waals surface area contributed by atoms with Crippen molar-refractivity contribution in [2.75, 3.05) is 13.1 Å². The van der Waals surface area contributed by atoms with Gasteiger partial charge in [-0.2, -0.15) is 0 Å². The molecule has 0 radical (unpaired) electrons. The van der Waals surface area contributed by atoms with E-state index in [2.05, 4.69) is 29.6 Å². The lowest BCUT2D eigenvalue weighted by Crippen LogP contribution is -2.10. The first kappa shape index (κ1) is 9.91. The van der Waals surface area contributed by atoms with Gasteiger partial charge in [-0.05, 0) is 62.5 Å². The van der Waals surface area contributed by atoms with Crippen molar-refractivity contribution in [3.8, 4) is 0 Å². The monoisotopic (exact) mass is 215 g/mol. The highest BCUT2D eigenvalue weighted by Crippen LogP contribution is 2.22. The molecule has 2 heterocycles. The zero-order chi connectivity index (χ0) is 11.0. The van der Waals surface area contributed by atoms with Crippen LogP contribution in [0.4, 0.5) is 0 Å². The number of fused-ring (bicyclic) bond motifs is 1. The van der Waals surface area contributed by atoms with Crippen LogP contribution < -0.4 is 5.32 Å². The van der Waals surface area contributed by atoms with E-state index in [1.807, 2.05) is 6.92 Å². The van der Waals surface area contributed by atoms with E-state index >= 15 is 0 Å². The van der Waals surface area contributed by atoms with Crippen LogP contribution in [-0.2, 0) is 6.42 Å². The van der Waals surface area contributed by atoms with Gasteiger partial charge in [-0.15, -0.1) is 0 Å². The van der Waals surface area contributed by atoms with Crippen LogP contribution in [0.25, 0.3) is 11.0 Å². The van der Waals surface area contributed by atoms with Crippen LogP contribution in [0, 0.1) is 12.8 Å². The van der Waals surface area contributed by atoms with Crippen molar-refractivity contribution in [1.29, 1.82) is 0 Å². The van der Waals surface area contributed by atoms with E-state index in [-0.39, 0.29) is 0 Å². The molecular weight excluding hydrogens is 198 g/mol. The van der Waals surface area contributed by atoms with Gasteiger partial charge in [0.05, 0.1) is 0 Å². The number of aryl methyl sites for hydroxylation is 1. The van der Waals surface area contributed by atoms with E-state index in [0.717, 1.165) is 17.3 Å². The standard InChI is InChI=1S/C14H17NO/c1-10-6-13-8-11(2-3-14(13)16-10)7-12-4-5-15-9-12/h2-3,6,8,12,15H,4-5,7,9H2,1H3. The van der Waals surface area contributed by atoms with Crippen molar-refractivity contribution >= 4 is 11.0 Å². The quantitative estimate of drug-likeness (QED) is 0.833. The van der Waals surface area contributed by atoms with Gasteiger partial charge in [0.2, 0.25) is 0 Å². The van der Waals surface area contributed by atoms with Crippen LogP contribution >= 0.6 is 0 Å². The minimum atomic E-state index is 0.811. The van der Waals surface area contributed by atoms with Gasteiger partial charge in [0.25, 0.3) is 0 Å². The van der Waals surface area contributed by atoms with Gasteiger partial charge in [0, 0.05) is 5.39 Å². The normalized spacial score (nSPS) is 20.7. The molecule has 3 rings (SSSR count). The Morgan fingerprint density at radius 3 is 3.12 bits per heavy atom. The van der Waals surface area contributed by atoms with E-state index in [9.17, 15) is 0 Å². The predicted octanol–water partition coefficient (Wildman–Crippen LogP) is 2.89. The lowest BCUT2D eigenvalue weighted by Gasteiger charge is -2.07. The van der Waals surface area contributed by atoms with Crippen molar-refractivity contribution in [2.24, 2.45) is 5.92 Å². The molecule has 0 bridgehead atoms. The summed E-state index contributed by atoms with van der Waals surface area (Å²) >= 11 is 0. The third-order valence-corrected chi connectivity index (χ3v) is 3.39. The first-order valence-corrected chi connectivity index (χ1v) is 6.01. The molecule has 2 heteroatoms. The molecular formula is C14H17NO. The molecule has 0 spiro atoms. The highest BCUT2D eigenvalue weighted by molar-refractivity contribution is 5.78. The fraction of sp³-hybridized carbons (Fsp3) is 0.429. The van der Waals surface area contributed by atoms with Crippen LogP contribution in [0.2, 0.25) is 0 Å². The molecule has 1 aromatic carbocycles. The average Bonchev–Trinajstić information content (AvgIpc) is 2.85. The largest absolute Gasteiger partial charge is 0.461 e. The summed E-state index contributed by atoms with van der Waals surface area (Å²) in [6.45, 7) is 4.35. The molecule has 1 aliphatic rings. The van der Waals surface area contributed by atoms with Gasteiger partial charge in [-0.3, -0.25) is 0 Å². The highest BCUT2D eigenvalue weighted by atomic mass is 16.3. The number of nitrogens with one attached hydrogen (secondary N) is 1. The SMILES string of the molecule is Cc1cc2cc(CC3CCNC3)ccc2o1. The van der Waals surface area contributed by atoms with E-state index < -0.39 is 0 Å². The number of hydrogen-bond donors (Lipinski definition) is 1. The number of benzene rings is 1. The summed E-state index contributed by atoms with van der Waals surface area (Å²) in [4.78, 5) is 0. The molecule has 2 aromatic rings. The van der Waals surface area contributed by atoms with E-state index in [1.165, 1.54) is 36.9 Å². The Hall–Kier alpha value is -1.28. The van der Waals surface area contributed by atoms with Gasteiger partial charge in [0.15, 0.2) is 0 Å². The van der Waals surface area contributed by atoms with Gasteiger partial charge >= 0.3 is 0 Å². The summed E-state index contributed by atoms with van der Waals surface area (Å²) < 4.78 is 5.58. The number of furan rings is 1. The lowest BCUT2D eigenvalue weighted by molar-refractivity contribution is 0.575. The molecule has 0 aliphatic carbocycles. The molecule has 2 nitrogen and oxygen atoms in total. The first-order chi connectivity index (χ1) is 7.81. The smallest absolute Gasteiger partial charge is 0.134 e. The summed E-state index contributed by atoms with van der Waals surface area (Å²) in [5.74, 6) is 1.81. The summed E-state index contributed by atoms with van der Waals surface area (Å²) in [5.41, 5.74) is 2.44. The van der Waals surface area contributed by atoms with Crippen LogP contribution in [0.3, 0.4) is 0 Å². The second-order valence-electron chi connectivity index (χ2n) is 4.79. The molecule has 1 fully saturated rings. The molecule has 1 N–H and O–H groups in total. The Morgan fingerprint density at radius 2 is 2.31 bits per heavy atom. The fourth-order valence-corrected chi connectivity index (χ4v) is 2.57.